The Morgan fingerprint density at radius 3 is 2.83 bits per heavy atom. The molecule has 1 aliphatic carbocycles. The van der Waals surface area contributed by atoms with E-state index >= 15 is 0 Å². The molecule has 148 valence electrons. The molecule has 0 bridgehead atoms. The minimum absolute atomic E-state index is 0.362. The number of fused-ring (bicyclic) bond motifs is 1. The van der Waals surface area contributed by atoms with Crippen LogP contribution in [0, 0.1) is 6.92 Å². The Bertz CT molecular complexity index is 1030. The molecule has 2 aromatic heterocycles. The van der Waals surface area contributed by atoms with Gasteiger partial charge in [0.1, 0.15) is 5.82 Å². The summed E-state index contributed by atoms with van der Waals surface area (Å²) in [5, 5.41) is 9.37. The molecule has 0 amide bonds. The van der Waals surface area contributed by atoms with Gasteiger partial charge < -0.3 is 10.0 Å². The molecule has 4 rings (SSSR count). The number of carbonyl (C=O) groups is 1. The summed E-state index contributed by atoms with van der Waals surface area (Å²) in [5.74, 6) is 0.512. The second-order valence-corrected chi connectivity index (χ2v) is 7.75. The predicted molar refractivity (Wildman–Crippen MR) is 114 cm³/mol. The number of carboxylic acids is 1. The zero-order valence-electron chi connectivity index (χ0n) is 16.8. The summed E-state index contributed by atoms with van der Waals surface area (Å²) in [6.07, 6.45) is 8.95. The molecule has 0 spiro atoms. The van der Waals surface area contributed by atoms with Crippen LogP contribution in [0.5, 0.6) is 0 Å². The Hall–Kier alpha value is -3.21. The molecule has 1 N–H and O–H groups in total. The first kappa shape index (κ1) is 19.1. The number of anilines is 2. The Labute approximate surface area is 171 Å². The molecule has 1 atom stereocenters. The number of aromatic carboxylic acids is 1. The fourth-order valence-corrected chi connectivity index (χ4v) is 4.16. The second kappa shape index (κ2) is 8.03. The molecule has 0 saturated heterocycles. The molecule has 0 fully saturated rings. The highest BCUT2D eigenvalue weighted by molar-refractivity contribution is 5.89. The summed E-state index contributed by atoms with van der Waals surface area (Å²) in [5.41, 5.74) is 6.24. The van der Waals surface area contributed by atoms with Crippen LogP contribution in [0.4, 0.5) is 11.5 Å². The van der Waals surface area contributed by atoms with Crippen molar-refractivity contribution in [2.75, 3.05) is 11.9 Å². The van der Waals surface area contributed by atoms with Crippen LogP contribution in [-0.4, -0.2) is 28.1 Å². The zero-order chi connectivity index (χ0) is 20.4. The number of aromatic nitrogens is 2. The summed E-state index contributed by atoms with van der Waals surface area (Å²) in [6, 6.07) is 12.4. The molecule has 5 heteroatoms. The average molecular weight is 387 g/mol. The van der Waals surface area contributed by atoms with Crippen LogP contribution in [0.1, 0.15) is 51.4 Å². The lowest BCUT2D eigenvalue weighted by molar-refractivity contribution is 0.0695. The molecule has 29 heavy (non-hydrogen) atoms. The van der Waals surface area contributed by atoms with Crippen molar-refractivity contribution in [2.45, 2.75) is 38.5 Å². The highest BCUT2D eigenvalue weighted by Gasteiger charge is 2.24. The van der Waals surface area contributed by atoms with E-state index in [0.717, 1.165) is 48.3 Å². The molecule has 2 heterocycles. The first-order valence-electron chi connectivity index (χ1n) is 9.98. The van der Waals surface area contributed by atoms with Crippen molar-refractivity contribution >= 4 is 17.5 Å². The lowest BCUT2D eigenvalue weighted by Gasteiger charge is -2.20. The summed E-state index contributed by atoms with van der Waals surface area (Å²) >= 11 is 0. The van der Waals surface area contributed by atoms with Crippen molar-refractivity contribution in [3.63, 3.8) is 0 Å². The maximum Gasteiger partial charge on any atom is 0.336 e. The molecule has 0 unspecified atom stereocenters. The molecular weight excluding hydrogens is 362 g/mol. The normalized spacial score (nSPS) is 15.2. The molecular formula is C24H25N3O2. The van der Waals surface area contributed by atoms with Crippen LogP contribution in [0.2, 0.25) is 0 Å². The Morgan fingerprint density at radius 2 is 2.07 bits per heavy atom. The standard InChI is InChI=1S/C24H25N3O2/c1-16-3-10-23(26-14-16)27(2)20-8-9-21-17(4-6-18(21)13-20)5-7-19-15-25-12-11-22(19)24(28)29/h3,8-15,17H,4-7H2,1-2H3,(H,28,29)/t17-/m0/s1. The van der Waals surface area contributed by atoms with Gasteiger partial charge in [0.15, 0.2) is 0 Å². The van der Waals surface area contributed by atoms with Gasteiger partial charge in [-0.25, -0.2) is 9.78 Å². The van der Waals surface area contributed by atoms with Crippen LogP contribution in [0.25, 0.3) is 0 Å². The van der Waals surface area contributed by atoms with Crippen LogP contribution in [0.3, 0.4) is 0 Å². The van der Waals surface area contributed by atoms with Crippen LogP contribution in [-0.2, 0) is 12.8 Å². The summed E-state index contributed by atoms with van der Waals surface area (Å²) in [4.78, 5) is 22.2. The third-order valence-electron chi connectivity index (χ3n) is 5.85. The average Bonchev–Trinajstić information content (AvgIpc) is 3.14. The lowest BCUT2D eigenvalue weighted by atomic mass is 9.93. The highest BCUT2D eigenvalue weighted by Crippen LogP contribution is 2.38. The summed E-state index contributed by atoms with van der Waals surface area (Å²) < 4.78 is 0. The molecule has 5 nitrogen and oxygen atoms in total. The lowest BCUT2D eigenvalue weighted by Crippen LogP contribution is -2.11. The number of hydrogen-bond donors (Lipinski definition) is 1. The maximum absolute atomic E-state index is 11.4. The Balaban J connectivity index is 1.49. The number of pyridine rings is 2. The van der Waals surface area contributed by atoms with Crippen LogP contribution < -0.4 is 4.90 Å². The molecule has 1 aromatic carbocycles. The maximum atomic E-state index is 11.4. The third kappa shape index (κ3) is 3.99. The molecule has 3 aromatic rings. The molecule has 1 aliphatic rings. The Kier molecular flexibility index (Phi) is 5.30. The van der Waals surface area contributed by atoms with Gasteiger partial charge in [-0.15, -0.1) is 0 Å². The minimum atomic E-state index is -0.883. The summed E-state index contributed by atoms with van der Waals surface area (Å²) in [7, 11) is 2.04. The van der Waals surface area contributed by atoms with Crippen molar-refractivity contribution in [1.29, 1.82) is 0 Å². The highest BCUT2D eigenvalue weighted by atomic mass is 16.4. The molecule has 0 aliphatic heterocycles. The van der Waals surface area contributed by atoms with Gasteiger partial charge >= 0.3 is 5.97 Å². The topological polar surface area (TPSA) is 66.3 Å². The van der Waals surface area contributed by atoms with Gasteiger partial charge in [0, 0.05) is 31.3 Å². The van der Waals surface area contributed by atoms with E-state index in [4.69, 9.17) is 0 Å². The minimum Gasteiger partial charge on any atom is -0.478 e. The first-order valence-corrected chi connectivity index (χ1v) is 9.98. The second-order valence-electron chi connectivity index (χ2n) is 7.75. The van der Waals surface area contributed by atoms with Gasteiger partial charge in [-0.1, -0.05) is 12.1 Å². The van der Waals surface area contributed by atoms with E-state index in [2.05, 4.69) is 39.1 Å². The fourth-order valence-electron chi connectivity index (χ4n) is 4.16. The van der Waals surface area contributed by atoms with E-state index in [1.165, 1.54) is 11.1 Å². The predicted octanol–water partition coefficient (Wildman–Crippen LogP) is 4.91. The van der Waals surface area contributed by atoms with Gasteiger partial charge in [-0.3, -0.25) is 4.98 Å². The number of rotatable bonds is 6. The van der Waals surface area contributed by atoms with Gasteiger partial charge in [0.2, 0.25) is 0 Å². The van der Waals surface area contributed by atoms with Crippen molar-refractivity contribution in [2.24, 2.45) is 0 Å². The van der Waals surface area contributed by atoms with Gasteiger partial charge in [-0.05, 0) is 85.0 Å². The van der Waals surface area contributed by atoms with Gasteiger partial charge in [0.25, 0.3) is 0 Å². The van der Waals surface area contributed by atoms with Crippen LogP contribution in [0.15, 0.2) is 55.0 Å². The summed E-state index contributed by atoms with van der Waals surface area (Å²) in [6.45, 7) is 2.04. The SMILES string of the molecule is Cc1ccc(N(C)c2ccc3c(c2)CC[C@H]3CCc2cnccc2C(=O)O)nc1. The van der Waals surface area contributed by atoms with Crippen LogP contribution >= 0.6 is 0 Å². The van der Waals surface area contributed by atoms with Crippen molar-refractivity contribution in [3.05, 3.63) is 82.8 Å². The van der Waals surface area contributed by atoms with Crippen molar-refractivity contribution in [1.82, 2.24) is 9.97 Å². The van der Waals surface area contributed by atoms with Gasteiger partial charge in [-0.2, -0.15) is 0 Å². The number of carboxylic acid groups (broad SMARTS) is 1. The Morgan fingerprint density at radius 1 is 1.21 bits per heavy atom. The van der Waals surface area contributed by atoms with E-state index in [1.807, 2.05) is 26.2 Å². The third-order valence-corrected chi connectivity index (χ3v) is 5.85. The largest absolute Gasteiger partial charge is 0.478 e. The van der Waals surface area contributed by atoms with E-state index in [0.29, 0.717) is 11.5 Å². The van der Waals surface area contributed by atoms with Crippen molar-refractivity contribution in [3.8, 4) is 0 Å². The monoisotopic (exact) mass is 387 g/mol. The smallest absolute Gasteiger partial charge is 0.336 e. The van der Waals surface area contributed by atoms with E-state index in [1.54, 1.807) is 18.5 Å². The van der Waals surface area contributed by atoms with Gasteiger partial charge in [0.05, 0.1) is 5.56 Å². The number of nitrogens with zero attached hydrogens (tertiary/aromatic N) is 3. The number of hydrogen-bond acceptors (Lipinski definition) is 4. The van der Waals surface area contributed by atoms with E-state index in [9.17, 15) is 9.90 Å². The number of benzene rings is 1. The quantitative estimate of drug-likeness (QED) is 0.651. The van der Waals surface area contributed by atoms with E-state index in [-0.39, 0.29) is 0 Å². The number of aryl methyl sites for hydroxylation is 3. The zero-order valence-corrected chi connectivity index (χ0v) is 16.8. The van der Waals surface area contributed by atoms with Crippen molar-refractivity contribution < 1.29 is 9.90 Å². The van der Waals surface area contributed by atoms with E-state index < -0.39 is 5.97 Å². The molecule has 0 radical (unpaired) electrons. The first-order chi connectivity index (χ1) is 14.0. The fraction of sp³-hybridized carbons (Fsp3) is 0.292. The molecule has 0 saturated carbocycles.